The molecule has 0 fully saturated rings. The van der Waals surface area contributed by atoms with Gasteiger partial charge in [0.2, 0.25) is 0 Å². The van der Waals surface area contributed by atoms with Gasteiger partial charge in [-0.15, -0.1) is 11.8 Å². The van der Waals surface area contributed by atoms with Crippen molar-refractivity contribution in [2.75, 3.05) is 6.26 Å². The number of aromatic nitrogens is 4. The van der Waals surface area contributed by atoms with Gasteiger partial charge in [-0.05, 0) is 56.0 Å². The van der Waals surface area contributed by atoms with Crippen molar-refractivity contribution in [3.63, 3.8) is 0 Å². The Morgan fingerprint density at radius 2 is 1.86 bits per heavy atom. The first kappa shape index (κ1) is 19.8. The molecule has 5 nitrogen and oxygen atoms in total. The van der Waals surface area contributed by atoms with E-state index in [0.717, 1.165) is 47.2 Å². The minimum absolute atomic E-state index is 0.465. The van der Waals surface area contributed by atoms with Crippen LogP contribution in [-0.2, 0) is 0 Å². The number of carbonyl (C=O) groups excluding carboxylic acids is 1. The number of nitrogens with zero attached hydrogens (tertiary/aromatic N) is 2. The molecule has 144 valence electrons. The van der Waals surface area contributed by atoms with E-state index in [2.05, 4.69) is 38.6 Å². The summed E-state index contributed by atoms with van der Waals surface area (Å²) in [6, 6.07) is 9.56. The molecular formula is C20H18F2N4OS. The number of ketones is 1. The fraction of sp³-hybridized carbons (Fsp3) is 0.150. The van der Waals surface area contributed by atoms with Crippen LogP contribution in [0.2, 0.25) is 0 Å². The van der Waals surface area contributed by atoms with Crippen molar-refractivity contribution in [3.8, 4) is 11.5 Å². The van der Waals surface area contributed by atoms with E-state index >= 15 is 0 Å². The van der Waals surface area contributed by atoms with Gasteiger partial charge in [-0.3, -0.25) is 9.89 Å². The lowest BCUT2D eigenvalue weighted by atomic mass is 10.1. The molecule has 8 heteroatoms. The number of hydrogen-bond donors (Lipinski definition) is 2. The minimum atomic E-state index is -0.808. The molecule has 2 heterocycles. The van der Waals surface area contributed by atoms with Gasteiger partial charge >= 0.3 is 0 Å². The van der Waals surface area contributed by atoms with Gasteiger partial charge in [-0.1, -0.05) is 6.07 Å². The van der Waals surface area contributed by atoms with Gasteiger partial charge in [0, 0.05) is 4.90 Å². The molecule has 28 heavy (non-hydrogen) atoms. The van der Waals surface area contributed by atoms with E-state index in [1.54, 1.807) is 18.0 Å². The Balaban J connectivity index is 0.000000178. The molecule has 0 aliphatic heterocycles. The lowest BCUT2D eigenvalue weighted by molar-refractivity contribution is 0.101. The third-order valence-electron chi connectivity index (χ3n) is 4.07. The van der Waals surface area contributed by atoms with E-state index in [1.165, 1.54) is 11.0 Å². The van der Waals surface area contributed by atoms with Gasteiger partial charge in [0.05, 0.1) is 22.8 Å². The Morgan fingerprint density at radius 1 is 1.14 bits per heavy atom. The number of aryl methyl sites for hydroxylation is 1. The molecule has 0 radical (unpaired) electrons. The van der Waals surface area contributed by atoms with Crippen LogP contribution in [0, 0.1) is 18.6 Å². The molecule has 2 N–H and O–H groups in total. The molecular weight excluding hydrogens is 382 g/mol. The van der Waals surface area contributed by atoms with Crippen LogP contribution >= 0.6 is 11.8 Å². The second kappa shape index (κ2) is 8.35. The Bertz CT molecular complexity index is 1120. The maximum Gasteiger partial charge on any atom is 0.165 e. The summed E-state index contributed by atoms with van der Waals surface area (Å²) in [7, 11) is 0. The van der Waals surface area contributed by atoms with Crippen LogP contribution in [0.15, 0.2) is 47.5 Å². The predicted molar refractivity (Wildman–Crippen MR) is 107 cm³/mol. The third-order valence-corrected chi connectivity index (χ3v) is 4.79. The van der Waals surface area contributed by atoms with Crippen molar-refractivity contribution < 1.29 is 13.6 Å². The SMILES string of the molecule is CC(=O)c1c(F)cccc1F.CSc1ccc2nc(-c3[nH]ncc3C)[nH]c2c1. The Labute approximate surface area is 164 Å². The summed E-state index contributed by atoms with van der Waals surface area (Å²) in [5.74, 6) is -1.37. The Kier molecular flexibility index (Phi) is 5.89. The summed E-state index contributed by atoms with van der Waals surface area (Å²) >= 11 is 1.73. The number of H-pyrrole nitrogens is 2. The fourth-order valence-electron chi connectivity index (χ4n) is 2.65. The number of thioether (sulfide) groups is 1. The summed E-state index contributed by atoms with van der Waals surface area (Å²) in [5.41, 5.74) is 3.61. The van der Waals surface area contributed by atoms with Gasteiger partial charge in [0.15, 0.2) is 11.6 Å². The number of aromatic amines is 2. The molecule has 0 atom stereocenters. The van der Waals surface area contributed by atoms with Crippen molar-refractivity contribution >= 4 is 28.6 Å². The van der Waals surface area contributed by atoms with Crippen LogP contribution in [0.1, 0.15) is 22.8 Å². The molecule has 0 spiro atoms. The van der Waals surface area contributed by atoms with Crippen molar-refractivity contribution in [1.29, 1.82) is 0 Å². The van der Waals surface area contributed by atoms with Crippen LogP contribution in [0.3, 0.4) is 0 Å². The lowest BCUT2D eigenvalue weighted by Crippen LogP contribution is -2.00. The molecule has 0 saturated heterocycles. The average molecular weight is 400 g/mol. The quantitative estimate of drug-likeness (QED) is 0.368. The van der Waals surface area contributed by atoms with Crippen LogP contribution in [0.5, 0.6) is 0 Å². The number of imidazole rings is 1. The molecule has 0 aliphatic carbocycles. The average Bonchev–Trinajstić information content (AvgIpc) is 3.26. The lowest BCUT2D eigenvalue weighted by Gasteiger charge is -1.97. The van der Waals surface area contributed by atoms with E-state index in [0.29, 0.717) is 0 Å². The second-order valence-electron chi connectivity index (χ2n) is 6.05. The smallest absolute Gasteiger partial charge is 0.165 e. The Morgan fingerprint density at radius 3 is 2.39 bits per heavy atom. The largest absolute Gasteiger partial charge is 0.337 e. The van der Waals surface area contributed by atoms with Gasteiger partial charge in [-0.25, -0.2) is 13.8 Å². The molecule has 2 aromatic carbocycles. The van der Waals surface area contributed by atoms with Gasteiger partial charge in [-0.2, -0.15) is 5.10 Å². The molecule has 0 saturated carbocycles. The summed E-state index contributed by atoms with van der Waals surface area (Å²) in [5, 5.41) is 6.98. The third kappa shape index (κ3) is 4.12. The monoisotopic (exact) mass is 400 g/mol. The van der Waals surface area contributed by atoms with Crippen LogP contribution in [0.4, 0.5) is 8.78 Å². The van der Waals surface area contributed by atoms with Gasteiger partial charge in [0.25, 0.3) is 0 Å². The first-order valence-electron chi connectivity index (χ1n) is 8.39. The number of Topliss-reactive ketones (excluding diaryl/α,β-unsaturated/α-hetero) is 1. The highest BCUT2D eigenvalue weighted by Gasteiger charge is 2.11. The van der Waals surface area contributed by atoms with Gasteiger partial charge < -0.3 is 4.98 Å². The van der Waals surface area contributed by atoms with E-state index in [9.17, 15) is 13.6 Å². The van der Waals surface area contributed by atoms with Crippen molar-refractivity contribution in [2.45, 2.75) is 18.7 Å². The number of halogens is 2. The summed E-state index contributed by atoms with van der Waals surface area (Å²) in [6.45, 7) is 3.14. The van der Waals surface area contributed by atoms with Crippen molar-refractivity contribution in [1.82, 2.24) is 20.2 Å². The van der Waals surface area contributed by atoms with Crippen molar-refractivity contribution in [3.05, 3.63) is 65.4 Å². The normalized spacial score (nSPS) is 10.6. The zero-order valence-corrected chi connectivity index (χ0v) is 16.3. The summed E-state index contributed by atoms with van der Waals surface area (Å²) < 4.78 is 25.3. The number of hydrogen-bond acceptors (Lipinski definition) is 4. The highest BCUT2D eigenvalue weighted by molar-refractivity contribution is 7.98. The number of fused-ring (bicyclic) bond motifs is 1. The highest BCUT2D eigenvalue weighted by Crippen LogP contribution is 2.24. The molecule has 0 unspecified atom stereocenters. The molecule has 0 bridgehead atoms. The van der Waals surface area contributed by atoms with Crippen LogP contribution < -0.4 is 0 Å². The molecule has 4 aromatic rings. The molecule has 2 aromatic heterocycles. The number of nitrogens with one attached hydrogen (secondary N) is 2. The zero-order chi connectivity index (χ0) is 20.3. The second-order valence-corrected chi connectivity index (χ2v) is 6.93. The topological polar surface area (TPSA) is 74.4 Å². The Hall–Kier alpha value is -3.00. The zero-order valence-electron chi connectivity index (χ0n) is 15.5. The summed E-state index contributed by atoms with van der Waals surface area (Å²) in [4.78, 5) is 19.7. The first-order valence-corrected chi connectivity index (χ1v) is 9.62. The first-order chi connectivity index (χ1) is 13.4. The molecule has 0 aliphatic rings. The van der Waals surface area contributed by atoms with E-state index in [4.69, 9.17) is 0 Å². The van der Waals surface area contributed by atoms with Crippen LogP contribution in [0.25, 0.3) is 22.6 Å². The number of rotatable bonds is 3. The standard InChI is InChI=1S/C12H12N4S.C8H6F2O/c1-7-6-13-16-11(7)12-14-9-4-3-8(17-2)5-10(9)15-12;1-5(11)8-6(9)3-2-4-7(8)10/h3-6H,1-2H3,(H,13,16)(H,14,15);2-4H,1H3. The van der Waals surface area contributed by atoms with E-state index in [1.807, 2.05) is 13.0 Å². The number of carbonyl (C=O) groups is 1. The van der Waals surface area contributed by atoms with Crippen molar-refractivity contribution in [2.24, 2.45) is 0 Å². The maximum atomic E-state index is 12.6. The maximum absolute atomic E-state index is 12.6. The summed E-state index contributed by atoms with van der Waals surface area (Å²) in [6.07, 6.45) is 3.87. The minimum Gasteiger partial charge on any atom is -0.337 e. The van der Waals surface area contributed by atoms with Gasteiger partial charge in [0.1, 0.15) is 17.3 Å². The van der Waals surface area contributed by atoms with E-state index < -0.39 is 23.0 Å². The predicted octanol–water partition coefficient (Wildman–Crippen LogP) is 5.15. The number of benzene rings is 2. The fourth-order valence-corrected chi connectivity index (χ4v) is 3.09. The van der Waals surface area contributed by atoms with E-state index in [-0.39, 0.29) is 0 Å². The highest BCUT2D eigenvalue weighted by atomic mass is 32.2. The van der Waals surface area contributed by atoms with Crippen LogP contribution in [-0.4, -0.2) is 32.2 Å². The molecule has 4 rings (SSSR count). The molecule has 0 amide bonds.